The number of pyridine rings is 1. The second kappa shape index (κ2) is 9.51. The van der Waals surface area contributed by atoms with Gasteiger partial charge in [0.2, 0.25) is 0 Å². The van der Waals surface area contributed by atoms with Crippen LogP contribution in [0.15, 0.2) is 48.3 Å². The summed E-state index contributed by atoms with van der Waals surface area (Å²) in [5.41, 5.74) is 0.0821. The van der Waals surface area contributed by atoms with E-state index in [2.05, 4.69) is 28.4 Å². The van der Waals surface area contributed by atoms with E-state index in [1.807, 2.05) is 17.8 Å². The molecule has 4 fully saturated rings. The second-order valence-electron chi connectivity index (χ2n) is 14.6. The molecule has 1 aromatic carbocycles. The summed E-state index contributed by atoms with van der Waals surface area (Å²) in [4.78, 5) is 17.9. The van der Waals surface area contributed by atoms with E-state index in [0.717, 1.165) is 42.0 Å². The number of allylic oxidation sites excluding steroid dienone is 1. The minimum atomic E-state index is -1.75. The largest absolute Gasteiger partial charge is 0.393 e. The first kappa shape index (κ1) is 28.9. The van der Waals surface area contributed by atoms with Gasteiger partial charge in [0.1, 0.15) is 28.7 Å². The Morgan fingerprint density at radius 1 is 1.04 bits per heavy atom. The molecule has 45 heavy (non-hydrogen) atoms. The normalized spacial score (nSPS) is 35.8. The number of nitrogens with zero attached hydrogens (tertiary/aromatic N) is 3. The summed E-state index contributed by atoms with van der Waals surface area (Å²) in [6.45, 7) is 4.16. The van der Waals surface area contributed by atoms with Crippen molar-refractivity contribution in [2.45, 2.75) is 82.5 Å². The number of nitrogens with one attached hydrogen (secondary N) is 1. The van der Waals surface area contributed by atoms with Gasteiger partial charge < -0.3 is 15.5 Å². The number of fused-ring (bicyclic) bond motifs is 6. The lowest BCUT2D eigenvalue weighted by Gasteiger charge is -2.60. The number of hydrogen-bond acceptors (Lipinski definition) is 5. The fourth-order valence-corrected chi connectivity index (χ4v) is 9.98. The van der Waals surface area contributed by atoms with Crippen molar-refractivity contribution >= 4 is 12.0 Å². The number of aromatic nitrogens is 3. The molecule has 3 aromatic rings. The smallest absolute Gasteiger partial charge is 0.253 e. The molecule has 5 aliphatic rings. The molecule has 2 heterocycles. The molecular formula is C35H37F3N4O3. The van der Waals surface area contributed by atoms with Crippen LogP contribution >= 0.6 is 0 Å². The van der Waals surface area contributed by atoms with Gasteiger partial charge in [-0.05, 0) is 110 Å². The molecule has 7 nitrogen and oxygen atoms in total. The molecule has 0 saturated heterocycles. The van der Waals surface area contributed by atoms with Crippen molar-refractivity contribution in [2.75, 3.05) is 0 Å². The van der Waals surface area contributed by atoms with E-state index in [9.17, 15) is 28.2 Å². The average molecular weight is 619 g/mol. The zero-order valence-corrected chi connectivity index (χ0v) is 25.4. The molecule has 0 aliphatic heterocycles. The Balaban J connectivity index is 1.07. The van der Waals surface area contributed by atoms with Crippen molar-refractivity contribution in [3.05, 3.63) is 82.7 Å². The quantitative estimate of drug-likeness (QED) is 0.365. The van der Waals surface area contributed by atoms with Crippen molar-refractivity contribution in [3.63, 3.8) is 0 Å². The van der Waals surface area contributed by atoms with Crippen molar-refractivity contribution in [2.24, 2.45) is 28.6 Å². The summed E-state index contributed by atoms with van der Waals surface area (Å²) in [6.07, 6.45) is 8.69. The summed E-state index contributed by atoms with van der Waals surface area (Å²) >= 11 is 0. The van der Waals surface area contributed by atoms with E-state index in [4.69, 9.17) is 0 Å². The summed E-state index contributed by atoms with van der Waals surface area (Å²) < 4.78 is 43.7. The van der Waals surface area contributed by atoms with E-state index in [0.29, 0.717) is 25.7 Å². The Morgan fingerprint density at radius 3 is 2.51 bits per heavy atom. The van der Waals surface area contributed by atoms with Gasteiger partial charge in [0, 0.05) is 11.5 Å². The first-order valence-corrected chi connectivity index (χ1v) is 16.0. The van der Waals surface area contributed by atoms with Crippen LogP contribution in [0.3, 0.4) is 0 Å². The summed E-state index contributed by atoms with van der Waals surface area (Å²) in [5, 5.41) is 31.7. The van der Waals surface area contributed by atoms with Gasteiger partial charge in [-0.1, -0.05) is 19.4 Å². The minimum absolute atomic E-state index is 0.0109. The van der Waals surface area contributed by atoms with Gasteiger partial charge in [0.25, 0.3) is 5.91 Å². The third-order valence-electron chi connectivity index (χ3n) is 12.4. The third kappa shape index (κ3) is 4.00. The molecule has 1 amide bonds. The standard InChI is InChI=1S/C35H37F3N4O3/c1-32-15-19-17-40-42(23-6-4-21(36)5-7-23)27(19)13-20(32)3-8-24-25-9-10-35(45,33(25,2)16-28(43)29(24)32)31(44)41-34(11-12-34)30-26(38)14-22(37)18-39-30/h4-7,13-14,17-18,24-25,28-29,43,45H,3,8-12,15-16H2,1-2H3,(H,41,44)/t24?,25?,28-,29?,32-,33-,35-/m0/s1. The van der Waals surface area contributed by atoms with Crippen LogP contribution in [0.4, 0.5) is 13.2 Å². The van der Waals surface area contributed by atoms with Crippen LogP contribution in [0, 0.1) is 46.0 Å². The van der Waals surface area contributed by atoms with Crippen LogP contribution in [0.1, 0.15) is 75.7 Å². The lowest BCUT2D eigenvalue weighted by Crippen LogP contribution is -2.64. The van der Waals surface area contributed by atoms with Gasteiger partial charge in [-0.25, -0.2) is 17.9 Å². The highest BCUT2D eigenvalue weighted by Crippen LogP contribution is 2.67. The van der Waals surface area contributed by atoms with E-state index < -0.39 is 40.2 Å². The molecule has 3 N–H and O–H groups in total. The maximum Gasteiger partial charge on any atom is 0.253 e. The van der Waals surface area contributed by atoms with Crippen molar-refractivity contribution in [1.29, 1.82) is 0 Å². The first-order chi connectivity index (χ1) is 21.4. The molecule has 0 spiro atoms. The molecular weight excluding hydrogens is 581 g/mol. The van der Waals surface area contributed by atoms with Gasteiger partial charge in [-0.2, -0.15) is 5.10 Å². The van der Waals surface area contributed by atoms with Gasteiger partial charge in [0.15, 0.2) is 0 Å². The van der Waals surface area contributed by atoms with E-state index >= 15 is 0 Å². The van der Waals surface area contributed by atoms with Crippen LogP contribution in [-0.4, -0.2) is 42.6 Å². The van der Waals surface area contributed by atoms with E-state index in [-0.39, 0.29) is 47.5 Å². The highest BCUT2D eigenvalue weighted by Gasteiger charge is 2.69. The molecule has 5 aliphatic carbocycles. The molecule has 7 atom stereocenters. The van der Waals surface area contributed by atoms with Gasteiger partial charge in [0.05, 0.1) is 35.4 Å². The van der Waals surface area contributed by atoms with Crippen LogP contribution in [0.25, 0.3) is 11.8 Å². The van der Waals surface area contributed by atoms with Gasteiger partial charge in [-0.15, -0.1) is 0 Å². The zero-order chi connectivity index (χ0) is 31.5. The zero-order valence-electron chi connectivity index (χ0n) is 25.4. The lowest BCUT2D eigenvalue weighted by molar-refractivity contribution is -0.181. The van der Waals surface area contributed by atoms with Gasteiger partial charge in [-0.3, -0.25) is 9.78 Å². The maximum atomic E-state index is 14.7. The third-order valence-corrected chi connectivity index (χ3v) is 12.4. The Hall–Kier alpha value is -3.50. The van der Waals surface area contributed by atoms with Crippen LogP contribution < -0.4 is 5.32 Å². The number of halogens is 3. The molecule has 10 heteroatoms. The monoisotopic (exact) mass is 618 g/mol. The number of aliphatic hydroxyl groups is 2. The summed E-state index contributed by atoms with van der Waals surface area (Å²) in [6, 6.07) is 7.05. The lowest BCUT2D eigenvalue weighted by atomic mass is 9.45. The predicted octanol–water partition coefficient (Wildman–Crippen LogP) is 5.37. The number of amides is 1. The molecule has 3 unspecified atom stereocenters. The molecule has 8 rings (SSSR count). The summed E-state index contributed by atoms with van der Waals surface area (Å²) in [7, 11) is 0. The molecule has 236 valence electrons. The second-order valence-corrected chi connectivity index (χ2v) is 14.6. The fourth-order valence-electron chi connectivity index (χ4n) is 9.98. The molecule has 0 bridgehead atoms. The minimum Gasteiger partial charge on any atom is -0.393 e. The highest BCUT2D eigenvalue weighted by atomic mass is 19.1. The Morgan fingerprint density at radius 2 is 1.80 bits per heavy atom. The Bertz CT molecular complexity index is 1750. The average Bonchev–Trinajstić information content (AvgIpc) is 3.56. The summed E-state index contributed by atoms with van der Waals surface area (Å²) in [5.74, 6) is -2.42. The van der Waals surface area contributed by atoms with Crippen molar-refractivity contribution < 1.29 is 28.2 Å². The molecule has 4 saturated carbocycles. The van der Waals surface area contributed by atoms with Crippen LogP contribution in [-0.2, 0) is 16.8 Å². The Labute approximate surface area is 259 Å². The molecule has 0 radical (unpaired) electrons. The number of carbonyl (C=O) groups excluding carboxylic acids is 1. The SMILES string of the molecule is C[C@]12Cc3cnn(-c4ccc(F)cc4)c3C=C1CCC1C2[C@@H](O)C[C@@]2(C)C1CC[C@]2(O)C(=O)NC1(c2ncc(F)cc2F)CC1. The fraction of sp³-hybridized carbons (Fsp3) is 0.514. The van der Waals surface area contributed by atoms with Crippen molar-refractivity contribution in [3.8, 4) is 5.69 Å². The number of carbonyl (C=O) groups is 1. The van der Waals surface area contributed by atoms with Crippen LogP contribution in [0.5, 0.6) is 0 Å². The first-order valence-electron chi connectivity index (χ1n) is 16.0. The maximum absolute atomic E-state index is 14.7. The topological polar surface area (TPSA) is 100 Å². The number of rotatable bonds is 4. The highest BCUT2D eigenvalue weighted by molar-refractivity contribution is 5.87. The molecule has 2 aromatic heterocycles. The number of benzene rings is 1. The number of aliphatic hydroxyl groups excluding tert-OH is 1. The van der Waals surface area contributed by atoms with E-state index in [1.54, 1.807) is 12.1 Å². The van der Waals surface area contributed by atoms with Crippen LogP contribution in [0.2, 0.25) is 0 Å². The van der Waals surface area contributed by atoms with Crippen molar-refractivity contribution in [1.82, 2.24) is 20.1 Å². The predicted molar refractivity (Wildman–Crippen MR) is 159 cm³/mol. The van der Waals surface area contributed by atoms with Gasteiger partial charge >= 0.3 is 0 Å². The van der Waals surface area contributed by atoms with E-state index in [1.165, 1.54) is 17.7 Å². The number of hydrogen-bond donors (Lipinski definition) is 3. The Kier molecular flexibility index (Phi) is 6.12.